The van der Waals surface area contributed by atoms with Crippen LogP contribution in [0.3, 0.4) is 0 Å². The summed E-state index contributed by atoms with van der Waals surface area (Å²) >= 11 is 0. The normalized spacial score (nSPS) is 13.3. The molecule has 0 aliphatic carbocycles. The lowest BCUT2D eigenvalue weighted by atomic mass is 10.2. The van der Waals surface area contributed by atoms with Crippen LogP contribution < -0.4 is 5.32 Å². The molecule has 15 heavy (non-hydrogen) atoms. The molecule has 0 aliphatic heterocycles. The zero-order valence-electron chi connectivity index (χ0n) is 9.74. The fourth-order valence-corrected chi connectivity index (χ4v) is 0.741. The van der Waals surface area contributed by atoms with Crippen molar-refractivity contribution in [2.45, 2.75) is 38.8 Å². The Labute approximate surface area is 90.2 Å². The number of alkyl carbamates (subject to hydrolysis) is 1. The zero-order valence-corrected chi connectivity index (χ0v) is 8.74. The summed E-state index contributed by atoms with van der Waals surface area (Å²) in [7, 11) is 0. The fourth-order valence-electron chi connectivity index (χ4n) is 0.741. The van der Waals surface area contributed by atoms with E-state index in [4.69, 9.17) is 17.6 Å². The predicted octanol–water partition coefficient (Wildman–Crippen LogP) is 0.988. The number of hydrogen-bond donors (Lipinski definition) is 2. The molecule has 0 saturated heterocycles. The lowest BCUT2D eigenvalue weighted by Crippen LogP contribution is -2.43. The number of amides is 1. The van der Waals surface area contributed by atoms with Crippen LogP contribution in [-0.2, 0) is 9.53 Å². The fraction of sp³-hybridized carbons (Fsp3) is 0.600. The minimum absolute atomic E-state index is 0.118. The first kappa shape index (κ1) is 11.4. The van der Waals surface area contributed by atoms with E-state index in [1.807, 2.05) is 0 Å². The Morgan fingerprint density at radius 1 is 1.73 bits per heavy atom. The van der Waals surface area contributed by atoms with Gasteiger partial charge >= 0.3 is 12.1 Å². The average molecular weight is 214 g/mol. The van der Waals surface area contributed by atoms with Crippen LogP contribution in [-0.4, -0.2) is 28.8 Å². The van der Waals surface area contributed by atoms with Gasteiger partial charge in [0.1, 0.15) is 11.6 Å². The number of carboxylic acids is 1. The Hall–Kier alpha value is -1.70. The molecule has 1 unspecified atom stereocenters. The van der Waals surface area contributed by atoms with Gasteiger partial charge in [0, 0.05) is 7.79 Å². The number of carbonyl (C=O) groups is 2. The summed E-state index contributed by atoms with van der Waals surface area (Å²) in [5.41, 5.74) is -0.955. The van der Waals surface area contributed by atoms with E-state index in [1.165, 1.54) is 0 Å². The SMILES string of the molecule is [2H]CC(C)(C)OC(=O)NC(CC#C)C(=O)O. The van der Waals surface area contributed by atoms with E-state index < -0.39 is 23.7 Å². The molecule has 0 aromatic carbocycles. The predicted molar refractivity (Wildman–Crippen MR) is 54.2 cm³/mol. The van der Waals surface area contributed by atoms with Gasteiger partial charge in [-0.05, 0) is 20.7 Å². The molecule has 5 heteroatoms. The number of ether oxygens (including phenoxy) is 1. The van der Waals surface area contributed by atoms with Gasteiger partial charge in [-0.25, -0.2) is 9.59 Å². The van der Waals surface area contributed by atoms with E-state index in [0.29, 0.717) is 0 Å². The Kier molecular flexibility index (Phi) is 3.98. The van der Waals surface area contributed by atoms with Crippen molar-refractivity contribution in [3.8, 4) is 12.3 Å². The van der Waals surface area contributed by atoms with Crippen molar-refractivity contribution in [2.24, 2.45) is 0 Å². The summed E-state index contributed by atoms with van der Waals surface area (Å²) in [5, 5.41) is 10.8. The molecule has 0 aromatic heterocycles. The van der Waals surface area contributed by atoms with Gasteiger partial charge in [0.15, 0.2) is 0 Å². The third kappa shape index (κ3) is 6.38. The zero-order chi connectivity index (χ0) is 12.8. The first-order valence-corrected chi connectivity index (χ1v) is 4.27. The molecule has 0 bridgehead atoms. The number of hydrogen-bond acceptors (Lipinski definition) is 3. The summed E-state index contributed by atoms with van der Waals surface area (Å²) in [6, 6.07) is -1.17. The average Bonchev–Trinajstić information content (AvgIpc) is 2.16. The summed E-state index contributed by atoms with van der Waals surface area (Å²) in [6.45, 7) is 2.99. The summed E-state index contributed by atoms with van der Waals surface area (Å²) < 4.78 is 11.9. The molecule has 0 fully saturated rings. The van der Waals surface area contributed by atoms with Crippen molar-refractivity contribution in [1.82, 2.24) is 5.32 Å². The number of carboxylic acid groups (broad SMARTS) is 1. The van der Waals surface area contributed by atoms with E-state index >= 15 is 0 Å². The molecule has 5 nitrogen and oxygen atoms in total. The van der Waals surface area contributed by atoms with Crippen molar-refractivity contribution < 1.29 is 20.8 Å². The molecule has 0 spiro atoms. The van der Waals surface area contributed by atoms with E-state index in [2.05, 4.69) is 11.2 Å². The smallest absolute Gasteiger partial charge is 0.408 e. The van der Waals surface area contributed by atoms with E-state index in [0.717, 1.165) is 0 Å². The van der Waals surface area contributed by atoms with Crippen molar-refractivity contribution in [1.29, 1.82) is 0 Å². The highest BCUT2D eigenvalue weighted by Crippen LogP contribution is 2.07. The van der Waals surface area contributed by atoms with Crippen molar-refractivity contribution in [3.05, 3.63) is 0 Å². The molecule has 1 atom stereocenters. The van der Waals surface area contributed by atoms with E-state index in [1.54, 1.807) is 13.8 Å². The first-order valence-electron chi connectivity index (χ1n) is 4.98. The molecule has 84 valence electrons. The topological polar surface area (TPSA) is 75.6 Å². The summed E-state index contributed by atoms with van der Waals surface area (Å²) in [5.74, 6) is 0.920. The van der Waals surface area contributed by atoms with Crippen LogP contribution in [0.4, 0.5) is 4.79 Å². The highest BCUT2D eigenvalue weighted by Gasteiger charge is 2.22. The van der Waals surface area contributed by atoms with Gasteiger partial charge in [-0.15, -0.1) is 12.3 Å². The number of rotatable bonds is 3. The number of aliphatic carboxylic acids is 1. The second kappa shape index (κ2) is 5.25. The third-order valence-corrected chi connectivity index (χ3v) is 1.28. The molecule has 0 saturated carbocycles. The minimum atomic E-state index is -1.22. The van der Waals surface area contributed by atoms with Gasteiger partial charge in [-0.2, -0.15) is 0 Å². The van der Waals surface area contributed by atoms with E-state index in [-0.39, 0.29) is 13.3 Å². The highest BCUT2D eigenvalue weighted by atomic mass is 16.6. The quantitative estimate of drug-likeness (QED) is 0.687. The molecule has 0 rings (SSSR count). The summed E-state index contributed by atoms with van der Waals surface area (Å²) in [4.78, 5) is 21.9. The van der Waals surface area contributed by atoms with Crippen LogP contribution in [0, 0.1) is 12.3 Å². The molecule has 0 radical (unpaired) electrons. The van der Waals surface area contributed by atoms with Gasteiger partial charge in [0.2, 0.25) is 0 Å². The molecule has 0 aliphatic rings. The Balaban J connectivity index is 4.32. The molecular formula is C10H15NO4. The first-order chi connectivity index (χ1) is 7.32. The third-order valence-electron chi connectivity index (χ3n) is 1.28. The standard InChI is InChI=1S/C10H15NO4/c1-5-6-7(8(12)13)11-9(14)15-10(2,3)4/h1,7H,6H2,2-4H3,(H,11,14)(H,12,13)/i2D. The van der Waals surface area contributed by atoms with Gasteiger partial charge in [-0.3, -0.25) is 0 Å². The number of nitrogens with one attached hydrogen (secondary N) is 1. The Morgan fingerprint density at radius 2 is 2.33 bits per heavy atom. The summed E-state index contributed by atoms with van der Waals surface area (Å²) in [6.07, 6.45) is 3.95. The Morgan fingerprint density at radius 3 is 2.73 bits per heavy atom. The van der Waals surface area contributed by atoms with Crippen LogP contribution in [0.2, 0.25) is 0 Å². The lowest BCUT2D eigenvalue weighted by Gasteiger charge is -2.21. The van der Waals surface area contributed by atoms with Crippen molar-refractivity contribution in [2.75, 3.05) is 0 Å². The number of terminal acetylenes is 1. The van der Waals surface area contributed by atoms with Crippen LogP contribution in [0.1, 0.15) is 28.5 Å². The molecule has 1 amide bonds. The van der Waals surface area contributed by atoms with E-state index in [9.17, 15) is 9.59 Å². The molecular weight excluding hydrogens is 198 g/mol. The van der Waals surface area contributed by atoms with Gasteiger partial charge in [0.05, 0.1) is 0 Å². The lowest BCUT2D eigenvalue weighted by molar-refractivity contribution is -0.139. The Bertz CT molecular complexity index is 308. The molecule has 0 aromatic rings. The molecule has 0 heterocycles. The second-order valence-electron chi connectivity index (χ2n) is 3.59. The van der Waals surface area contributed by atoms with Crippen molar-refractivity contribution in [3.63, 3.8) is 0 Å². The monoisotopic (exact) mass is 214 g/mol. The van der Waals surface area contributed by atoms with Crippen LogP contribution >= 0.6 is 0 Å². The van der Waals surface area contributed by atoms with Crippen LogP contribution in [0.5, 0.6) is 0 Å². The van der Waals surface area contributed by atoms with Crippen LogP contribution in [0.15, 0.2) is 0 Å². The maximum Gasteiger partial charge on any atom is 0.408 e. The largest absolute Gasteiger partial charge is 0.480 e. The van der Waals surface area contributed by atoms with Gasteiger partial charge in [0.25, 0.3) is 0 Å². The maximum absolute atomic E-state index is 11.3. The highest BCUT2D eigenvalue weighted by molar-refractivity contribution is 5.80. The van der Waals surface area contributed by atoms with Gasteiger partial charge in [-0.1, -0.05) is 0 Å². The van der Waals surface area contributed by atoms with Crippen LogP contribution in [0.25, 0.3) is 0 Å². The minimum Gasteiger partial charge on any atom is -0.480 e. The number of carbonyl (C=O) groups excluding carboxylic acids is 1. The van der Waals surface area contributed by atoms with Crippen molar-refractivity contribution >= 4 is 12.1 Å². The van der Waals surface area contributed by atoms with Gasteiger partial charge < -0.3 is 15.2 Å². The maximum atomic E-state index is 11.3. The second-order valence-corrected chi connectivity index (χ2v) is 3.59. The molecule has 2 N–H and O–H groups in total.